The van der Waals surface area contributed by atoms with E-state index in [4.69, 9.17) is 5.26 Å². The molecule has 0 fully saturated rings. The molecule has 1 N–H and O–H groups in total. The van der Waals surface area contributed by atoms with E-state index in [0.29, 0.717) is 5.56 Å². The first-order chi connectivity index (χ1) is 9.51. The van der Waals surface area contributed by atoms with E-state index >= 15 is 0 Å². The molecule has 0 heterocycles. The molecule has 0 aliphatic heterocycles. The first-order valence-electron chi connectivity index (χ1n) is 6.07. The van der Waals surface area contributed by atoms with Crippen molar-refractivity contribution in [1.29, 1.82) is 5.26 Å². The topological polar surface area (TPSA) is 70.0 Å². The molecular formula is C15H14N2O2S. The van der Waals surface area contributed by atoms with Crippen LogP contribution in [0.5, 0.6) is 0 Å². The summed E-state index contributed by atoms with van der Waals surface area (Å²) in [4.78, 5) is 0.157. The van der Waals surface area contributed by atoms with Crippen LogP contribution in [0.2, 0.25) is 0 Å². The Morgan fingerprint density at radius 2 is 1.85 bits per heavy atom. The van der Waals surface area contributed by atoms with Gasteiger partial charge in [-0.15, -0.1) is 0 Å². The number of nitrogens with zero attached hydrogens (tertiary/aromatic N) is 1. The third-order valence-corrected chi connectivity index (χ3v) is 4.26. The number of sulfonamides is 1. The van der Waals surface area contributed by atoms with Crippen molar-refractivity contribution in [2.45, 2.75) is 18.4 Å². The summed E-state index contributed by atoms with van der Waals surface area (Å²) in [5, 5.41) is 8.69. The monoisotopic (exact) mass is 286 g/mol. The van der Waals surface area contributed by atoms with Crippen molar-refractivity contribution in [3.05, 3.63) is 65.2 Å². The molecule has 0 saturated heterocycles. The molecule has 20 heavy (non-hydrogen) atoms. The number of aryl methyl sites for hydroxylation is 1. The van der Waals surface area contributed by atoms with Crippen LogP contribution in [0.4, 0.5) is 0 Å². The number of rotatable bonds is 4. The number of hydrogen-bond donors (Lipinski definition) is 1. The van der Waals surface area contributed by atoms with E-state index in [1.165, 1.54) is 24.3 Å². The van der Waals surface area contributed by atoms with Gasteiger partial charge in [0.25, 0.3) is 0 Å². The maximum Gasteiger partial charge on any atom is 0.240 e. The number of nitriles is 1. The summed E-state index contributed by atoms with van der Waals surface area (Å²) in [5.74, 6) is 0. The molecule has 0 bridgehead atoms. The van der Waals surface area contributed by atoms with E-state index in [0.717, 1.165) is 11.1 Å². The normalized spacial score (nSPS) is 11.0. The maximum absolute atomic E-state index is 12.1. The van der Waals surface area contributed by atoms with Crippen LogP contribution >= 0.6 is 0 Å². The molecule has 0 aliphatic rings. The zero-order chi connectivity index (χ0) is 14.6. The molecule has 4 nitrogen and oxygen atoms in total. The van der Waals surface area contributed by atoms with Gasteiger partial charge >= 0.3 is 0 Å². The minimum atomic E-state index is -3.56. The Labute approximate surface area is 118 Å². The Balaban J connectivity index is 2.13. The molecule has 0 unspecified atom stereocenters. The van der Waals surface area contributed by atoms with E-state index < -0.39 is 10.0 Å². The van der Waals surface area contributed by atoms with Gasteiger partial charge in [0.05, 0.1) is 16.5 Å². The van der Waals surface area contributed by atoms with Crippen molar-refractivity contribution in [2.24, 2.45) is 0 Å². The number of benzene rings is 2. The van der Waals surface area contributed by atoms with Gasteiger partial charge in [-0.3, -0.25) is 0 Å². The number of nitrogens with one attached hydrogen (secondary N) is 1. The van der Waals surface area contributed by atoms with Crippen LogP contribution in [0.1, 0.15) is 16.7 Å². The first-order valence-corrected chi connectivity index (χ1v) is 7.55. The summed E-state index contributed by atoms with van der Waals surface area (Å²) in [6.07, 6.45) is 0. The van der Waals surface area contributed by atoms with Gasteiger partial charge in [-0.1, -0.05) is 29.8 Å². The summed E-state index contributed by atoms with van der Waals surface area (Å²) in [7, 11) is -3.56. The van der Waals surface area contributed by atoms with Crippen molar-refractivity contribution in [1.82, 2.24) is 4.72 Å². The van der Waals surface area contributed by atoms with Gasteiger partial charge in [0, 0.05) is 6.54 Å². The molecule has 0 saturated carbocycles. The summed E-state index contributed by atoms with van der Waals surface area (Å²) in [5.41, 5.74) is 2.42. The van der Waals surface area contributed by atoms with Gasteiger partial charge in [0.1, 0.15) is 0 Å². The van der Waals surface area contributed by atoms with Crippen molar-refractivity contribution in [2.75, 3.05) is 0 Å². The average Bonchev–Trinajstić information content (AvgIpc) is 2.45. The maximum atomic E-state index is 12.1. The third-order valence-electron chi connectivity index (χ3n) is 2.84. The van der Waals surface area contributed by atoms with E-state index in [1.807, 2.05) is 37.3 Å². The van der Waals surface area contributed by atoms with Gasteiger partial charge in [0.2, 0.25) is 10.0 Å². The van der Waals surface area contributed by atoms with E-state index in [2.05, 4.69) is 4.72 Å². The molecule has 5 heteroatoms. The second kappa shape index (κ2) is 5.87. The van der Waals surface area contributed by atoms with Gasteiger partial charge in [0.15, 0.2) is 0 Å². The first kappa shape index (κ1) is 14.3. The summed E-state index contributed by atoms with van der Waals surface area (Å²) in [6, 6.07) is 15.4. The molecular weight excluding hydrogens is 272 g/mol. The van der Waals surface area contributed by atoms with Gasteiger partial charge in [-0.25, -0.2) is 13.1 Å². The summed E-state index contributed by atoms with van der Waals surface area (Å²) in [6.45, 7) is 2.20. The fraction of sp³-hybridized carbons (Fsp3) is 0.133. The van der Waals surface area contributed by atoms with Crippen LogP contribution in [0.15, 0.2) is 53.4 Å². The highest BCUT2D eigenvalue weighted by Crippen LogP contribution is 2.11. The van der Waals surface area contributed by atoms with Crippen molar-refractivity contribution in [3.8, 4) is 6.07 Å². The van der Waals surface area contributed by atoms with Crippen LogP contribution in [-0.2, 0) is 16.6 Å². The van der Waals surface area contributed by atoms with Gasteiger partial charge in [-0.05, 0) is 36.8 Å². The number of hydrogen-bond acceptors (Lipinski definition) is 3. The molecule has 102 valence electrons. The highest BCUT2D eigenvalue weighted by Gasteiger charge is 2.13. The summed E-state index contributed by atoms with van der Waals surface area (Å²) < 4.78 is 26.7. The lowest BCUT2D eigenvalue weighted by atomic mass is 10.1. The average molecular weight is 286 g/mol. The van der Waals surface area contributed by atoms with Crippen LogP contribution < -0.4 is 4.72 Å². The third kappa shape index (κ3) is 3.44. The highest BCUT2D eigenvalue weighted by atomic mass is 32.2. The van der Waals surface area contributed by atoms with Crippen LogP contribution in [0.25, 0.3) is 0 Å². The van der Waals surface area contributed by atoms with E-state index in [-0.39, 0.29) is 11.4 Å². The largest absolute Gasteiger partial charge is 0.240 e. The molecule has 0 aromatic heterocycles. The van der Waals surface area contributed by atoms with E-state index in [1.54, 1.807) is 0 Å². The smallest absolute Gasteiger partial charge is 0.207 e. The molecule has 0 atom stereocenters. The van der Waals surface area contributed by atoms with Gasteiger partial charge < -0.3 is 0 Å². The molecule has 2 rings (SSSR count). The molecule has 0 radical (unpaired) electrons. The SMILES string of the molecule is Cc1cccc(CNS(=O)(=O)c2ccc(C#N)cc2)c1. The minimum Gasteiger partial charge on any atom is -0.207 e. The van der Waals surface area contributed by atoms with Crippen LogP contribution in [0, 0.1) is 18.3 Å². The lowest BCUT2D eigenvalue weighted by Gasteiger charge is -2.07. The minimum absolute atomic E-state index is 0.157. The fourth-order valence-electron chi connectivity index (χ4n) is 1.79. The second-order valence-corrected chi connectivity index (χ2v) is 6.22. The molecule has 2 aromatic rings. The lowest BCUT2D eigenvalue weighted by Crippen LogP contribution is -2.23. The van der Waals surface area contributed by atoms with Crippen molar-refractivity contribution >= 4 is 10.0 Å². The van der Waals surface area contributed by atoms with Crippen molar-refractivity contribution in [3.63, 3.8) is 0 Å². The Hall–Kier alpha value is -2.16. The zero-order valence-electron chi connectivity index (χ0n) is 11.0. The lowest BCUT2D eigenvalue weighted by molar-refractivity contribution is 0.581. The fourth-order valence-corrected chi connectivity index (χ4v) is 2.81. The van der Waals surface area contributed by atoms with Crippen molar-refractivity contribution < 1.29 is 8.42 Å². The predicted molar refractivity (Wildman–Crippen MR) is 76.4 cm³/mol. The molecule has 2 aromatic carbocycles. The standard InChI is InChI=1S/C15H14N2O2S/c1-12-3-2-4-14(9-12)11-17-20(18,19)15-7-5-13(10-16)6-8-15/h2-9,17H,11H2,1H3. The van der Waals surface area contributed by atoms with Crippen LogP contribution in [-0.4, -0.2) is 8.42 Å². The Morgan fingerprint density at radius 3 is 2.45 bits per heavy atom. The highest BCUT2D eigenvalue weighted by molar-refractivity contribution is 7.89. The predicted octanol–water partition coefficient (Wildman–Crippen LogP) is 2.35. The molecule has 0 amide bonds. The van der Waals surface area contributed by atoms with E-state index in [9.17, 15) is 8.42 Å². The zero-order valence-corrected chi connectivity index (χ0v) is 11.8. The Morgan fingerprint density at radius 1 is 1.15 bits per heavy atom. The quantitative estimate of drug-likeness (QED) is 0.938. The Bertz CT molecular complexity index is 744. The molecule has 0 spiro atoms. The Kier molecular flexibility index (Phi) is 4.18. The molecule has 0 aliphatic carbocycles. The second-order valence-electron chi connectivity index (χ2n) is 4.45. The van der Waals surface area contributed by atoms with Gasteiger partial charge in [-0.2, -0.15) is 5.26 Å². The summed E-state index contributed by atoms with van der Waals surface area (Å²) >= 11 is 0. The van der Waals surface area contributed by atoms with Crippen LogP contribution in [0.3, 0.4) is 0 Å².